The van der Waals surface area contributed by atoms with E-state index >= 15 is 0 Å². The number of imide groups is 1. The summed E-state index contributed by atoms with van der Waals surface area (Å²) in [6, 6.07) is 8.41. The third-order valence-corrected chi connectivity index (χ3v) is 5.52. The van der Waals surface area contributed by atoms with E-state index in [9.17, 15) is 14.4 Å². The first-order chi connectivity index (χ1) is 11.4. The molecule has 2 fully saturated rings. The molecule has 2 aliphatic rings. The van der Waals surface area contributed by atoms with Gasteiger partial charge in [0.2, 0.25) is 0 Å². The van der Waals surface area contributed by atoms with E-state index in [0.29, 0.717) is 17.9 Å². The summed E-state index contributed by atoms with van der Waals surface area (Å²) < 4.78 is 0. The first-order valence-corrected chi connectivity index (χ1v) is 8.61. The number of hydrogen-bond donors (Lipinski definition) is 0. The number of rotatable bonds is 5. The van der Waals surface area contributed by atoms with Crippen molar-refractivity contribution in [2.45, 2.75) is 44.6 Å². The number of nitrogens with zero attached hydrogens (tertiary/aromatic N) is 2. The average molecular weight is 328 g/mol. The molecule has 1 aliphatic carbocycles. The quantitative estimate of drug-likeness (QED) is 0.616. The lowest BCUT2D eigenvalue weighted by Crippen LogP contribution is -2.46. The van der Waals surface area contributed by atoms with Crippen LogP contribution in [0.4, 0.5) is 4.79 Å². The molecule has 3 amide bonds. The van der Waals surface area contributed by atoms with E-state index in [1.807, 2.05) is 13.0 Å². The maximum Gasteiger partial charge on any atom is 0.327 e. The first kappa shape index (κ1) is 16.7. The second-order valence-electron chi connectivity index (χ2n) is 7.15. The van der Waals surface area contributed by atoms with Crippen LogP contribution in [-0.4, -0.2) is 46.7 Å². The molecule has 0 N–H and O–H groups in total. The van der Waals surface area contributed by atoms with E-state index in [0.717, 1.165) is 17.7 Å². The monoisotopic (exact) mass is 328 g/mol. The first-order valence-electron chi connectivity index (χ1n) is 8.61. The Kier molecular flexibility index (Phi) is 4.43. The second-order valence-corrected chi connectivity index (χ2v) is 7.15. The number of ketones is 1. The van der Waals surface area contributed by atoms with Gasteiger partial charge in [0, 0.05) is 12.6 Å². The summed E-state index contributed by atoms with van der Waals surface area (Å²) in [7, 11) is 1.67. The van der Waals surface area contributed by atoms with Gasteiger partial charge in [-0.3, -0.25) is 14.5 Å². The topological polar surface area (TPSA) is 57.7 Å². The Balaban J connectivity index is 1.76. The van der Waals surface area contributed by atoms with Crippen molar-refractivity contribution in [1.82, 2.24) is 9.80 Å². The molecule has 1 saturated heterocycles. The third kappa shape index (κ3) is 2.83. The summed E-state index contributed by atoms with van der Waals surface area (Å²) in [5.41, 5.74) is -0.312. The molecule has 5 nitrogen and oxygen atoms in total. The van der Waals surface area contributed by atoms with Gasteiger partial charge in [-0.2, -0.15) is 0 Å². The number of benzene rings is 1. The van der Waals surface area contributed by atoms with Crippen LogP contribution in [0.1, 0.15) is 49.4 Å². The Bertz CT molecular complexity index is 652. The minimum absolute atomic E-state index is 0.188. The highest BCUT2D eigenvalue weighted by molar-refractivity contribution is 6.10. The predicted molar refractivity (Wildman–Crippen MR) is 90.6 cm³/mol. The summed E-state index contributed by atoms with van der Waals surface area (Å²) in [4.78, 5) is 40.5. The molecule has 0 radical (unpaired) electrons. The molecular weight excluding hydrogens is 304 g/mol. The molecule has 1 unspecified atom stereocenters. The van der Waals surface area contributed by atoms with Crippen LogP contribution < -0.4 is 0 Å². The van der Waals surface area contributed by atoms with Crippen LogP contribution in [0.15, 0.2) is 30.3 Å². The second kappa shape index (κ2) is 6.38. The molecule has 5 heteroatoms. The number of urea groups is 1. The highest BCUT2D eigenvalue weighted by Gasteiger charge is 2.53. The zero-order valence-electron chi connectivity index (χ0n) is 14.3. The van der Waals surface area contributed by atoms with Gasteiger partial charge in [-0.15, -0.1) is 0 Å². The Labute approximate surface area is 142 Å². The Morgan fingerprint density at radius 1 is 1.17 bits per heavy atom. The number of hydrogen-bond acceptors (Lipinski definition) is 3. The largest absolute Gasteiger partial charge is 0.327 e. The normalized spacial score (nSPS) is 24.9. The van der Waals surface area contributed by atoms with Crippen molar-refractivity contribution in [1.29, 1.82) is 0 Å². The van der Waals surface area contributed by atoms with Crippen LogP contribution in [0.25, 0.3) is 0 Å². The maximum atomic E-state index is 12.9. The van der Waals surface area contributed by atoms with E-state index in [-0.39, 0.29) is 24.3 Å². The molecule has 1 aromatic rings. The van der Waals surface area contributed by atoms with E-state index < -0.39 is 5.54 Å². The highest BCUT2D eigenvalue weighted by Crippen LogP contribution is 2.38. The van der Waals surface area contributed by atoms with Crippen LogP contribution >= 0.6 is 0 Å². The van der Waals surface area contributed by atoms with E-state index in [4.69, 9.17) is 0 Å². The Morgan fingerprint density at radius 3 is 2.42 bits per heavy atom. The number of likely N-dealkylation sites (N-methyl/N-ethyl adjacent to an activating group) is 1. The predicted octanol–water partition coefficient (Wildman–Crippen LogP) is 3.10. The number of Topliss-reactive ketones (excluding diaryl/α,β-unsaturated/α-hetero) is 1. The highest BCUT2D eigenvalue weighted by atomic mass is 16.2. The lowest BCUT2D eigenvalue weighted by molar-refractivity contribution is -0.132. The van der Waals surface area contributed by atoms with Crippen molar-refractivity contribution in [3.63, 3.8) is 0 Å². The van der Waals surface area contributed by atoms with Gasteiger partial charge in [0.05, 0.1) is 6.54 Å². The fourth-order valence-corrected chi connectivity index (χ4v) is 3.91. The fraction of sp³-hybridized carbons (Fsp3) is 0.526. The van der Waals surface area contributed by atoms with E-state index in [1.54, 1.807) is 31.3 Å². The van der Waals surface area contributed by atoms with Crippen LogP contribution in [-0.2, 0) is 4.79 Å². The standard InChI is InChI=1S/C19H24N2O3/c1-19(12-14-8-6-7-9-14)17(23)21(18(24)20(19)2)13-16(22)15-10-4-3-5-11-15/h3-5,10-11,14H,6-9,12-13H2,1-2H3. The SMILES string of the molecule is CN1C(=O)N(CC(=O)c2ccccc2)C(=O)C1(C)CC1CCCC1. The number of amides is 3. The fourth-order valence-electron chi connectivity index (χ4n) is 3.91. The van der Waals surface area contributed by atoms with E-state index in [1.165, 1.54) is 17.7 Å². The van der Waals surface area contributed by atoms with Crippen molar-refractivity contribution in [2.24, 2.45) is 5.92 Å². The molecule has 0 bridgehead atoms. The van der Waals surface area contributed by atoms with Crippen LogP contribution in [0.2, 0.25) is 0 Å². The Hall–Kier alpha value is -2.17. The minimum Gasteiger partial charge on any atom is -0.313 e. The van der Waals surface area contributed by atoms with Gasteiger partial charge in [-0.1, -0.05) is 56.0 Å². The smallest absolute Gasteiger partial charge is 0.313 e. The lowest BCUT2D eigenvalue weighted by Gasteiger charge is -2.31. The third-order valence-electron chi connectivity index (χ3n) is 5.52. The molecule has 1 atom stereocenters. The average Bonchev–Trinajstić information content (AvgIpc) is 3.15. The van der Waals surface area contributed by atoms with Crippen molar-refractivity contribution < 1.29 is 14.4 Å². The molecule has 3 rings (SSSR count). The van der Waals surface area contributed by atoms with Crippen LogP contribution in [0, 0.1) is 5.92 Å². The maximum absolute atomic E-state index is 12.9. The van der Waals surface area contributed by atoms with Gasteiger partial charge in [0.15, 0.2) is 5.78 Å². The van der Waals surface area contributed by atoms with Gasteiger partial charge < -0.3 is 4.90 Å². The summed E-state index contributed by atoms with van der Waals surface area (Å²) >= 11 is 0. The zero-order chi connectivity index (χ0) is 17.3. The summed E-state index contributed by atoms with van der Waals surface area (Å²) in [6.45, 7) is 1.64. The van der Waals surface area contributed by atoms with E-state index in [2.05, 4.69) is 0 Å². The molecule has 128 valence electrons. The van der Waals surface area contributed by atoms with Crippen molar-refractivity contribution in [3.8, 4) is 0 Å². The van der Waals surface area contributed by atoms with Crippen molar-refractivity contribution >= 4 is 17.7 Å². The van der Waals surface area contributed by atoms with Gasteiger partial charge in [-0.05, 0) is 19.3 Å². The summed E-state index contributed by atoms with van der Waals surface area (Å²) in [5.74, 6) is 0.0287. The summed E-state index contributed by atoms with van der Waals surface area (Å²) in [6.07, 6.45) is 5.32. The van der Waals surface area contributed by atoms with Crippen molar-refractivity contribution in [2.75, 3.05) is 13.6 Å². The molecule has 1 heterocycles. The van der Waals surface area contributed by atoms with Crippen LogP contribution in [0.5, 0.6) is 0 Å². The molecule has 0 aromatic heterocycles. The van der Waals surface area contributed by atoms with Gasteiger partial charge in [-0.25, -0.2) is 4.79 Å². The number of carbonyl (C=O) groups excluding carboxylic acids is 3. The van der Waals surface area contributed by atoms with Gasteiger partial charge in [0.25, 0.3) is 5.91 Å². The van der Waals surface area contributed by atoms with Gasteiger partial charge >= 0.3 is 6.03 Å². The summed E-state index contributed by atoms with van der Waals surface area (Å²) in [5, 5.41) is 0. The molecule has 24 heavy (non-hydrogen) atoms. The van der Waals surface area contributed by atoms with Crippen LogP contribution in [0.3, 0.4) is 0 Å². The lowest BCUT2D eigenvalue weighted by atomic mass is 9.87. The molecular formula is C19H24N2O3. The molecule has 0 spiro atoms. The van der Waals surface area contributed by atoms with Gasteiger partial charge in [0.1, 0.15) is 5.54 Å². The number of carbonyl (C=O) groups is 3. The molecule has 1 aromatic carbocycles. The minimum atomic E-state index is -0.830. The Morgan fingerprint density at radius 2 is 1.79 bits per heavy atom. The molecule has 1 aliphatic heterocycles. The molecule has 1 saturated carbocycles. The van der Waals surface area contributed by atoms with Crippen molar-refractivity contribution in [3.05, 3.63) is 35.9 Å². The zero-order valence-corrected chi connectivity index (χ0v) is 14.3.